The van der Waals surface area contributed by atoms with E-state index in [-0.39, 0.29) is 51.5 Å². The highest BCUT2D eigenvalue weighted by Crippen LogP contribution is 2.56. The van der Waals surface area contributed by atoms with Gasteiger partial charge in [0, 0.05) is 17.1 Å². The maximum absolute atomic E-state index is 15.1. The van der Waals surface area contributed by atoms with Crippen molar-refractivity contribution in [2.75, 3.05) is 14.2 Å². The van der Waals surface area contributed by atoms with Crippen molar-refractivity contribution in [3.05, 3.63) is 59.7 Å². The third-order valence-corrected chi connectivity index (χ3v) is 6.52. The van der Waals surface area contributed by atoms with E-state index in [0.717, 1.165) is 15.4 Å². The van der Waals surface area contributed by atoms with Crippen LogP contribution in [0, 0.1) is 11.8 Å². The minimum Gasteiger partial charge on any atom is -0.480 e. The average molecular weight is 531 g/mol. The molecule has 1 unspecified atom stereocenters. The molecule has 1 fully saturated rings. The van der Waals surface area contributed by atoms with E-state index in [1.54, 1.807) is 6.07 Å². The highest BCUT2D eigenvalue weighted by molar-refractivity contribution is 5.80. The van der Waals surface area contributed by atoms with Gasteiger partial charge in [0.25, 0.3) is 0 Å². The van der Waals surface area contributed by atoms with Crippen molar-refractivity contribution in [2.45, 2.75) is 31.0 Å². The molecule has 0 N–H and O–H groups in total. The number of alkyl halides is 3. The van der Waals surface area contributed by atoms with E-state index >= 15 is 4.39 Å². The largest absolute Gasteiger partial charge is 0.480 e. The number of imidazole rings is 1. The maximum atomic E-state index is 15.1. The molecule has 0 spiro atoms. The monoisotopic (exact) mass is 531 g/mol. The lowest BCUT2D eigenvalue weighted by Crippen LogP contribution is -2.18. The normalized spacial score (nSPS) is 17.3. The first-order valence-corrected chi connectivity index (χ1v) is 11.4. The second-order valence-electron chi connectivity index (χ2n) is 8.88. The van der Waals surface area contributed by atoms with Crippen LogP contribution in [-0.4, -0.2) is 54.7 Å². The number of aromatic nitrogens is 7. The van der Waals surface area contributed by atoms with Crippen LogP contribution in [0.3, 0.4) is 0 Å². The van der Waals surface area contributed by atoms with Crippen LogP contribution in [0.25, 0.3) is 27.8 Å². The Morgan fingerprint density at radius 1 is 0.974 bits per heavy atom. The first-order valence-electron chi connectivity index (χ1n) is 11.4. The molecule has 4 heterocycles. The van der Waals surface area contributed by atoms with Crippen molar-refractivity contribution < 1.29 is 31.4 Å². The second kappa shape index (κ2) is 8.60. The molecule has 6 rings (SSSR count). The van der Waals surface area contributed by atoms with Crippen molar-refractivity contribution in [1.29, 1.82) is 0 Å². The van der Waals surface area contributed by atoms with Crippen LogP contribution in [0.1, 0.15) is 29.4 Å². The Kier molecular flexibility index (Phi) is 5.43. The number of nitrogens with zero attached hydrogens (tertiary/aromatic N) is 7. The number of rotatable bonds is 6. The predicted octanol–water partition coefficient (Wildman–Crippen LogP) is 4.66. The van der Waals surface area contributed by atoms with Gasteiger partial charge in [0.1, 0.15) is 12.4 Å². The average Bonchev–Trinajstić information content (AvgIpc) is 3.47. The smallest absolute Gasteiger partial charge is 0.408 e. The number of hydrogen-bond donors (Lipinski definition) is 0. The molecule has 1 aromatic carbocycles. The van der Waals surface area contributed by atoms with Gasteiger partial charge in [0.05, 0.1) is 43.4 Å². The Balaban J connectivity index is 1.42. The summed E-state index contributed by atoms with van der Waals surface area (Å²) in [6, 6.07) is 4.34. The van der Waals surface area contributed by atoms with Crippen molar-refractivity contribution in [1.82, 2.24) is 34.3 Å². The molecule has 0 bridgehead atoms. The molecular formula is C24H18F5N7O2. The topological polar surface area (TPSA) is 92.3 Å². The number of fused-ring (bicyclic) bond motifs is 2. The van der Waals surface area contributed by atoms with Gasteiger partial charge in [-0.05, 0) is 42.0 Å². The SMILES string of the molecule is COc1ncc(-c2cc(C3C[C@@H]3c3cc4c(cnn4CC(F)(F)F)cc3F)c3ncc(F)n3n2)c(OC)n1. The maximum Gasteiger partial charge on any atom is 0.408 e. The first-order chi connectivity index (χ1) is 18.2. The highest BCUT2D eigenvalue weighted by atomic mass is 19.4. The molecule has 9 nitrogen and oxygen atoms in total. The molecule has 1 saturated carbocycles. The summed E-state index contributed by atoms with van der Waals surface area (Å²) in [5.41, 5.74) is 1.91. The highest BCUT2D eigenvalue weighted by Gasteiger charge is 2.43. The standard InChI is InChI=1S/C24H18F5N7O2/c1-37-22-16(8-31-23(33-22)38-2)18-5-15(21-30-9-20(26)36(21)34-18)13-4-12(13)14-6-19-11(3-17(14)25)7-32-35(19)10-24(27,28)29/h3,5-9,12-13H,4,10H2,1-2H3/t12-,13?/m0/s1. The Hall–Kier alpha value is -4.36. The van der Waals surface area contributed by atoms with Gasteiger partial charge in [-0.1, -0.05) is 0 Å². The fraction of sp³-hybridized carbons (Fsp3) is 0.292. The quantitative estimate of drug-likeness (QED) is 0.294. The van der Waals surface area contributed by atoms with E-state index in [2.05, 4.69) is 25.1 Å². The van der Waals surface area contributed by atoms with Crippen LogP contribution in [0.2, 0.25) is 0 Å². The third-order valence-electron chi connectivity index (χ3n) is 6.52. The summed E-state index contributed by atoms with van der Waals surface area (Å²) in [5.74, 6) is -1.78. The van der Waals surface area contributed by atoms with Crippen LogP contribution in [0.5, 0.6) is 11.9 Å². The number of ether oxygens (including phenoxy) is 2. The van der Waals surface area contributed by atoms with Gasteiger partial charge >= 0.3 is 12.2 Å². The lowest BCUT2D eigenvalue weighted by Gasteiger charge is -2.11. The van der Waals surface area contributed by atoms with Crippen LogP contribution in [-0.2, 0) is 6.54 Å². The molecule has 38 heavy (non-hydrogen) atoms. The van der Waals surface area contributed by atoms with Crippen LogP contribution in [0.4, 0.5) is 22.0 Å². The minimum absolute atomic E-state index is 0.0681. The lowest BCUT2D eigenvalue weighted by atomic mass is 10.0. The Bertz CT molecular complexity index is 1700. The summed E-state index contributed by atoms with van der Waals surface area (Å²) < 4.78 is 80.9. The zero-order valence-electron chi connectivity index (χ0n) is 19.9. The van der Waals surface area contributed by atoms with Crippen molar-refractivity contribution in [3.8, 4) is 23.1 Å². The van der Waals surface area contributed by atoms with Crippen LogP contribution in [0.15, 0.2) is 36.8 Å². The molecule has 1 aliphatic rings. The predicted molar refractivity (Wildman–Crippen MR) is 123 cm³/mol. The zero-order valence-corrected chi connectivity index (χ0v) is 19.9. The van der Waals surface area contributed by atoms with Crippen molar-refractivity contribution in [3.63, 3.8) is 0 Å². The molecule has 196 valence electrons. The Morgan fingerprint density at radius 3 is 2.50 bits per heavy atom. The summed E-state index contributed by atoms with van der Waals surface area (Å²) in [6.07, 6.45) is -0.353. The molecule has 1 aliphatic carbocycles. The molecule has 0 saturated heterocycles. The van der Waals surface area contributed by atoms with E-state index in [4.69, 9.17) is 9.47 Å². The fourth-order valence-electron chi connectivity index (χ4n) is 4.73. The minimum atomic E-state index is -4.48. The molecule has 2 atom stereocenters. The first kappa shape index (κ1) is 24.0. The second-order valence-corrected chi connectivity index (χ2v) is 8.88. The van der Waals surface area contributed by atoms with Crippen LogP contribution >= 0.6 is 0 Å². The molecule has 0 radical (unpaired) electrons. The summed E-state index contributed by atoms with van der Waals surface area (Å²) in [7, 11) is 2.80. The van der Waals surface area contributed by atoms with Crippen molar-refractivity contribution in [2.24, 2.45) is 0 Å². The third kappa shape index (κ3) is 4.05. The number of halogens is 5. The lowest BCUT2D eigenvalue weighted by molar-refractivity contribution is -0.141. The number of benzene rings is 1. The van der Waals surface area contributed by atoms with Gasteiger partial charge < -0.3 is 9.47 Å². The number of methoxy groups -OCH3 is 2. The summed E-state index contributed by atoms with van der Waals surface area (Å²) in [6.45, 7) is -1.29. The van der Waals surface area contributed by atoms with Crippen LogP contribution < -0.4 is 9.47 Å². The molecule has 4 aromatic heterocycles. The fourth-order valence-corrected chi connectivity index (χ4v) is 4.73. The van der Waals surface area contributed by atoms with E-state index in [1.165, 1.54) is 38.7 Å². The van der Waals surface area contributed by atoms with Gasteiger partial charge in [-0.3, -0.25) is 4.68 Å². The number of hydrogen-bond acceptors (Lipinski definition) is 7. The molecule has 0 aliphatic heterocycles. The summed E-state index contributed by atoms with van der Waals surface area (Å²) >= 11 is 0. The molecular weight excluding hydrogens is 513 g/mol. The van der Waals surface area contributed by atoms with E-state index < -0.39 is 24.5 Å². The summed E-state index contributed by atoms with van der Waals surface area (Å²) in [5, 5.41) is 8.36. The van der Waals surface area contributed by atoms with E-state index in [9.17, 15) is 17.6 Å². The van der Waals surface area contributed by atoms with Gasteiger partial charge in [0.2, 0.25) is 11.8 Å². The Labute approximate surface area is 210 Å². The van der Waals surface area contributed by atoms with Gasteiger partial charge in [-0.2, -0.15) is 37.3 Å². The van der Waals surface area contributed by atoms with Gasteiger partial charge in [-0.15, -0.1) is 0 Å². The van der Waals surface area contributed by atoms with Gasteiger partial charge in [-0.25, -0.2) is 14.4 Å². The van der Waals surface area contributed by atoms with Crippen molar-refractivity contribution >= 4 is 16.6 Å². The van der Waals surface area contributed by atoms with E-state index in [1.807, 2.05) is 0 Å². The molecule has 5 aromatic rings. The Morgan fingerprint density at radius 2 is 1.76 bits per heavy atom. The molecule has 0 amide bonds. The zero-order chi connectivity index (χ0) is 26.8. The van der Waals surface area contributed by atoms with Gasteiger partial charge in [0.15, 0.2) is 5.65 Å². The van der Waals surface area contributed by atoms with E-state index in [0.29, 0.717) is 17.5 Å². The summed E-state index contributed by atoms with van der Waals surface area (Å²) in [4.78, 5) is 12.4. The molecule has 14 heteroatoms.